The highest BCUT2D eigenvalue weighted by Gasteiger charge is 2.34. The maximum absolute atomic E-state index is 13.2. The minimum atomic E-state index is -4.88. The second kappa shape index (κ2) is 5.47. The SMILES string of the molecule is COc1ccc(C(=O)c2ccc(F)c(C(F)(F)F)c2)nn1. The highest BCUT2D eigenvalue weighted by Crippen LogP contribution is 2.32. The van der Waals surface area contributed by atoms with Crippen LogP contribution < -0.4 is 4.74 Å². The molecular weight excluding hydrogens is 292 g/mol. The fraction of sp³-hybridized carbons (Fsp3) is 0.154. The van der Waals surface area contributed by atoms with Crippen molar-refractivity contribution in [2.45, 2.75) is 6.18 Å². The third kappa shape index (κ3) is 3.15. The molecule has 1 aromatic heterocycles. The Morgan fingerprint density at radius 3 is 2.38 bits per heavy atom. The molecule has 0 saturated carbocycles. The molecule has 0 amide bonds. The van der Waals surface area contributed by atoms with Gasteiger partial charge in [0.05, 0.1) is 12.7 Å². The van der Waals surface area contributed by atoms with Gasteiger partial charge >= 0.3 is 6.18 Å². The van der Waals surface area contributed by atoms with E-state index in [2.05, 4.69) is 10.2 Å². The van der Waals surface area contributed by atoms with E-state index in [-0.39, 0.29) is 17.1 Å². The summed E-state index contributed by atoms with van der Waals surface area (Å²) in [6.45, 7) is 0. The molecule has 0 aliphatic carbocycles. The Morgan fingerprint density at radius 1 is 1.14 bits per heavy atom. The van der Waals surface area contributed by atoms with Gasteiger partial charge in [-0.25, -0.2) is 4.39 Å². The van der Waals surface area contributed by atoms with E-state index in [1.54, 1.807) is 0 Å². The summed E-state index contributed by atoms with van der Waals surface area (Å²) in [6, 6.07) is 4.59. The lowest BCUT2D eigenvalue weighted by atomic mass is 10.0. The van der Waals surface area contributed by atoms with Crippen molar-refractivity contribution >= 4 is 5.78 Å². The van der Waals surface area contributed by atoms with E-state index in [1.165, 1.54) is 19.2 Å². The normalized spacial score (nSPS) is 11.3. The zero-order valence-corrected chi connectivity index (χ0v) is 10.6. The van der Waals surface area contributed by atoms with Gasteiger partial charge in [-0.1, -0.05) is 0 Å². The van der Waals surface area contributed by atoms with Crippen LogP contribution in [0.15, 0.2) is 30.3 Å². The van der Waals surface area contributed by atoms with Crippen LogP contribution in [0, 0.1) is 5.82 Å². The fourth-order valence-electron chi connectivity index (χ4n) is 1.58. The second-order valence-electron chi connectivity index (χ2n) is 3.98. The molecule has 0 radical (unpaired) electrons. The number of carbonyl (C=O) groups excluding carboxylic acids is 1. The Bertz CT molecular complexity index is 669. The molecule has 0 N–H and O–H groups in total. The van der Waals surface area contributed by atoms with E-state index in [0.717, 1.165) is 6.07 Å². The van der Waals surface area contributed by atoms with Crippen molar-refractivity contribution in [3.63, 3.8) is 0 Å². The van der Waals surface area contributed by atoms with Crippen LogP contribution in [0.25, 0.3) is 0 Å². The predicted molar refractivity (Wildman–Crippen MR) is 63.4 cm³/mol. The summed E-state index contributed by atoms with van der Waals surface area (Å²) >= 11 is 0. The van der Waals surface area contributed by atoms with Gasteiger partial charge < -0.3 is 4.74 Å². The lowest BCUT2D eigenvalue weighted by Crippen LogP contribution is -2.12. The molecule has 0 unspecified atom stereocenters. The van der Waals surface area contributed by atoms with Gasteiger partial charge in [-0.05, 0) is 24.3 Å². The maximum Gasteiger partial charge on any atom is 0.419 e. The number of rotatable bonds is 3. The van der Waals surface area contributed by atoms with Crippen molar-refractivity contribution in [1.82, 2.24) is 10.2 Å². The molecule has 110 valence electrons. The van der Waals surface area contributed by atoms with Crippen LogP contribution >= 0.6 is 0 Å². The third-order valence-electron chi connectivity index (χ3n) is 2.62. The average Bonchev–Trinajstić information content (AvgIpc) is 2.46. The molecule has 0 saturated heterocycles. The average molecular weight is 300 g/mol. The second-order valence-corrected chi connectivity index (χ2v) is 3.98. The molecule has 8 heteroatoms. The fourth-order valence-corrected chi connectivity index (χ4v) is 1.58. The lowest BCUT2D eigenvalue weighted by Gasteiger charge is -2.09. The predicted octanol–water partition coefficient (Wildman–Crippen LogP) is 2.87. The molecule has 0 fully saturated rings. The van der Waals surface area contributed by atoms with Gasteiger partial charge in [-0.15, -0.1) is 10.2 Å². The first-order chi connectivity index (χ1) is 9.82. The number of methoxy groups -OCH3 is 1. The van der Waals surface area contributed by atoms with E-state index in [9.17, 15) is 22.4 Å². The minimum absolute atomic E-state index is 0.154. The third-order valence-corrected chi connectivity index (χ3v) is 2.62. The standard InChI is InChI=1S/C13H8F4N2O2/c1-21-11-5-4-10(18-19-11)12(20)7-2-3-9(14)8(6-7)13(15,16)17/h2-6H,1H3. The van der Waals surface area contributed by atoms with Crippen molar-refractivity contribution in [2.75, 3.05) is 7.11 Å². The first-order valence-corrected chi connectivity index (χ1v) is 5.62. The maximum atomic E-state index is 13.2. The van der Waals surface area contributed by atoms with Gasteiger partial charge in [0.1, 0.15) is 11.5 Å². The molecule has 1 heterocycles. The minimum Gasteiger partial charge on any atom is -0.480 e. The summed E-state index contributed by atoms with van der Waals surface area (Å²) in [5, 5.41) is 7.08. The molecule has 2 aromatic rings. The van der Waals surface area contributed by atoms with Gasteiger partial charge in [0, 0.05) is 11.6 Å². The largest absolute Gasteiger partial charge is 0.480 e. The van der Waals surface area contributed by atoms with Crippen molar-refractivity contribution in [2.24, 2.45) is 0 Å². The van der Waals surface area contributed by atoms with E-state index in [1.807, 2.05) is 0 Å². The summed E-state index contributed by atoms with van der Waals surface area (Å²) in [5.41, 5.74) is -2.01. The molecule has 0 aliphatic heterocycles. The number of ether oxygens (including phenoxy) is 1. The van der Waals surface area contributed by atoms with E-state index in [0.29, 0.717) is 12.1 Å². The molecule has 2 rings (SSSR count). The molecule has 1 aromatic carbocycles. The highest BCUT2D eigenvalue weighted by molar-refractivity contribution is 6.07. The van der Waals surface area contributed by atoms with E-state index in [4.69, 9.17) is 4.74 Å². The molecule has 4 nitrogen and oxygen atoms in total. The summed E-state index contributed by atoms with van der Waals surface area (Å²) in [5.74, 6) is -2.09. The number of benzene rings is 1. The van der Waals surface area contributed by atoms with Crippen LogP contribution in [0.5, 0.6) is 5.88 Å². The monoisotopic (exact) mass is 300 g/mol. The molecule has 0 atom stereocenters. The summed E-state index contributed by atoms with van der Waals surface area (Å²) in [7, 11) is 1.35. The van der Waals surface area contributed by atoms with Crippen molar-refractivity contribution < 1.29 is 27.1 Å². The lowest BCUT2D eigenvalue weighted by molar-refractivity contribution is -0.140. The van der Waals surface area contributed by atoms with E-state index >= 15 is 0 Å². The molecule has 0 aliphatic rings. The number of hydrogen-bond donors (Lipinski definition) is 0. The van der Waals surface area contributed by atoms with Crippen LogP contribution in [0.4, 0.5) is 17.6 Å². The summed E-state index contributed by atoms with van der Waals surface area (Å²) in [4.78, 5) is 12.0. The Morgan fingerprint density at radius 2 is 1.86 bits per heavy atom. The molecule has 21 heavy (non-hydrogen) atoms. The Hall–Kier alpha value is -2.51. The Labute approximate surface area is 116 Å². The number of ketones is 1. The molecule has 0 bridgehead atoms. The summed E-state index contributed by atoms with van der Waals surface area (Å²) in [6.07, 6.45) is -4.88. The van der Waals surface area contributed by atoms with Crippen LogP contribution in [0.3, 0.4) is 0 Å². The number of halogens is 4. The number of aromatic nitrogens is 2. The van der Waals surface area contributed by atoms with Crippen molar-refractivity contribution in [3.8, 4) is 5.88 Å². The number of alkyl halides is 3. The van der Waals surface area contributed by atoms with Crippen molar-refractivity contribution in [3.05, 3.63) is 53.0 Å². The Kier molecular flexibility index (Phi) is 3.88. The number of nitrogens with zero attached hydrogens (tertiary/aromatic N) is 2. The van der Waals surface area contributed by atoms with Crippen LogP contribution in [0.1, 0.15) is 21.6 Å². The molecule has 0 spiro atoms. The van der Waals surface area contributed by atoms with Crippen LogP contribution in [0.2, 0.25) is 0 Å². The first-order valence-electron chi connectivity index (χ1n) is 5.62. The highest BCUT2D eigenvalue weighted by atomic mass is 19.4. The number of carbonyl (C=O) groups is 1. The number of hydrogen-bond acceptors (Lipinski definition) is 4. The van der Waals surface area contributed by atoms with Crippen LogP contribution in [-0.2, 0) is 6.18 Å². The van der Waals surface area contributed by atoms with Gasteiger partial charge in [0.2, 0.25) is 11.7 Å². The zero-order chi connectivity index (χ0) is 15.6. The zero-order valence-electron chi connectivity index (χ0n) is 10.6. The topological polar surface area (TPSA) is 52.1 Å². The summed E-state index contributed by atoms with van der Waals surface area (Å²) < 4.78 is 55.7. The van der Waals surface area contributed by atoms with Gasteiger partial charge in [-0.3, -0.25) is 4.79 Å². The van der Waals surface area contributed by atoms with E-state index < -0.39 is 23.3 Å². The first kappa shape index (κ1) is 14.9. The Balaban J connectivity index is 2.39. The van der Waals surface area contributed by atoms with Gasteiger partial charge in [0.25, 0.3) is 0 Å². The van der Waals surface area contributed by atoms with Gasteiger partial charge in [-0.2, -0.15) is 13.2 Å². The smallest absolute Gasteiger partial charge is 0.419 e. The molecular formula is C13H8F4N2O2. The van der Waals surface area contributed by atoms with Crippen LogP contribution in [-0.4, -0.2) is 23.1 Å². The van der Waals surface area contributed by atoms with Gasteiger partial charge in [0.15, 0.2) is 0 Å². The van der Waals surface area contributed by atoms with Crippen molar-refractivity contribution in [1.29, 1.82) is 0 Å². The quantitative estimate of drug-likeness (QED) is 0.646.